The van der Waals surface area contributed by atoms with Gasteiger partial charge in [0.1, 0.15) is 0 Å². The maximum Gasteiger partial charge on any atom is 0.285 e. The van der Waals surface area contributed by atoms with Gasteiger partial charge in [0.2, 0.25) is 0 Å². The Balaban J connectivity index is 3.05. The van der Waals surface area contributed by atoms with Crippen molar-refractivity contribution in [2.24, 2.45) is 0 Å². The Labute approximate surface area is 103 Å². The van der Waals surface area contributed by atoms with Crippen LogP contribution in [0.2, 0.25) is 0 Å². The average Bonchev–Trinajstić information content (AvgIpc) is 2.16. The van der Waals surface area contributed by atoms with E-state index >= 15 is 0 Å². The summed E-state index contributed by atoms with van der Waals surface area (Å²) in [7, 11) is 1.52. The van der Waals surface area contributed by atoms with Gasteiger partial charge in [0, 0.05) is 10.0 Å². The first-order valence-corrected chi connectivity index (χ1v) is 6.00. The van der Waals surface area contributed by atoms with E-state index < -0.39 is 5.92 Å². The summed E-state index contributed by atoms with van der Waals surface area (Å²) >= 11 is 3.34. The Morgan fingerprint density at radius 3 is 2.44 bits per heavy atom. The maximum atomic E-state index is 13.6. The summed E-state index contributed by atoms with van der Waals surface area (Å²) in [5.74, 6) is -2.51. The van der Waals surface area contributed by atoms with Crippen molar-refractivity contribution < 1.29 is 8.78 Å². The van der Waals surface area contributed by atoms with Gasteiger partial charge in [0.05, 0.1) is 6.54 Å². The number of halogens is 3. The van der Waals surface area contributed by atoms with Gasteiger partial charge in [-0.05, 0) is 24.6 Å². The molecule has 0 saturated heterocycles. The van der Waals surface area contributed by atoms with E-state index in [1.165, 1.54) is 19.2 Å². The molecule has 1 N–H and O–H groups in total. The van der Waals surface area contributed by atoms with E-state index in [1.54, 1.807) is 6.07 Å². The summed E-state index contributed by atoms with van der Waals surface area (Å²) < 4.78 is 27.9. The number of hydrogen-bond donors (Lipinski definition) is 1. The summed E-state index contributed by atoms with van der Waals surface area (Å²) in [6.07, 6.45) is 0. The van der Waals surface area contributed by atoms with Crippen LogP contribution in [0.5, 0.6) is 0 Å². The minimum Gasteiger partial charge on any atom is -0.314 e. The molecule has 90 valence electrons. The highest BCUT2D eigenvalue weighted by Gasteiger charge is 2.30. The van der Waals surface area contributed by atoms with Crippen molar-refractivity contribution >= 4 is 15.9 Å². The molecule has 0 aromatic heterocycles. The SMILES string of the molecule is CNCC(F)(F)c1ccc(C(C)C)c(Br)c1. The quantitative estimate of drug-likeness (QED) is 0.888. The molecule has 0 heterocycles. The van der Waals surface area contributed by atoms with Crippen LogP contribution in [0.3, 0.4) is 0 Å². The molecule has 0 fully saturated rings. The predicted molar refractivity (Wildman–Crippen MR) is 66.1 cm³/mol. The fourth-order valence-corrected chi connectivity index (χ4v) is 2.38. The molecule has 16 heavy (non-hydrogen) atoms. The number of benzene rings is 1. The first-order chi connectivity index (χ1) is 7.38. The second kappa shape index (κ2) is 5.23. The molecule has 0 spiro atoms. The number of likely N-dealkylation sites (N-methyl/N-ethyl adjacent to an activating group) is 1. The number of alkyl halides is 2. The lowest BCUT2D eigenvalue weighted by molar-refractivity contribution is -0.00133. The van der Waals surface area contributed by atoms with E-state index in [9.17, 15) is 8.78 Å². The Kier molecular flexibility index (Phi) is 4.44. The van der Waals surface area contributed by atoms with Crippen molar-refractivity contribution in [1.29, 1.82) is 0 Å². The van der Waals surface area contributed by atoms with Gasteiger partial charge in [-0.1, -0.05) is 41.9 Å². The molecule has 0 unspecified atom stereocenters. The molecular weight excluding hydrogens is 276 g/mol. The molecule has 1 rings (SSSR count). The molecule has 0 aliphatic rings. The standard InChI is InChI=1S/C12H16BrF2N/c1-8(2)10-5-4-9(6-11(10)13)12(14,15)7-16-3/h4-6,8,16H,7H2,1-3H3. The molecule has 0 bridgehead atoms. The second-order valence-corrected chi connectivity index (χ2v) is 4.98. The van der Waals surface area contributed by atoms with Gasteiger partial charge in [0.25, 0.3) is 5.92 Å². The van der Waals surface area contributed by atoms with Crippen LogP contribution < -0.4 is 5.32 Å². The van der Waals surface area contributed by atoms with Crippen LogP contribution in [0.15, 0.2) is 22.7 Å². The Hall–Kier alpha value is -0.480. The monoisotopic (exact) mass is 291 g/mol. The normalized spacial score (nSPS) is 12.2. The lowest BCUT2D eigenvalue weighted by atomic mass is 9.99. The molecular formula is C12H16BrF2N. The molecule has 0 aliphatic carbocycles. The van der Waals surface area contributed by atoms with Gasteiger partial charge in [-0.2, -0.15) is 8.78 Å². The first kappa shape index (κ1) is 13.6. The molecule has 1 nitrogen and oxygen atoms in total. The van der Waals surface area contributed by atoms with E-state index in [-0.39, 0.29) is 12.1 Å². The Bertz CT molecular complexity index is 364. The zero-order valence-electron chi connectivity index (χ0n) is 9.65. The highest BCUT2D eigenvalue weighted by Crippen LogP contribution is 2.32. The fourth-order valence-electron chi connectivity index (χ4n) is 1.55. The third kappa shape index (κ3) is 3.01. The Morgan fingerprint density at radius 1 is 1.38 bits per heavy atom. The van der Waals surface area contributed by atoms with E-state index in [2.05, 4.69) is 21.2 Å². The molecule has 0 saturated carbocycles. The van der Waals surface area contributed by atoms with Gasteiger partial charge < -0.3 is 5.32 Å². The zero-order chi connectivity index (χ0) is 12.3. The largest absolute Gasteiger partial charge is 0.314 e. The smallest absolute Gasteiger partial charge is 0.285 e. The van der Waals surface area contributed by atoms with Crippen molar-refractivity contribution in [3.63, 3.8) is 0 Å². The lowest BCUT2D eigenvalue weighted by Crippen LogP contribution is -2.28. The van der Waals surface area contributed by atoms with Crippen molar-refractivity contribution in [2.45, 2.75) is 25.7 Å². The van der Waals surface area contributed by atoms with Gasteiger partial charge in [-0.3, -0.25) is 0 Å². The van der Waals surface area contributed by atoms with Crippen LogP contribution in [-0.2, 0) is 5.92 Å². The summed E-state index contributed by atoms with van der Waals surface area (Å²) in [5.41, 5.74) is 1.09. The molecule has 0 aliphatic heterocycles. The molecule has 1 aromatic rings. The molecule has 0 radical (unpaired) electrons. The third-order valence-electron chi connectivity index (χ3n) is 2.44. The highest BCUT2D eigenvalue weighted by molar-refractivity contribution is 9.10. The molecule has 4 heteroatoms. The van der Waals surface area contributed by atoms with Crippen molar-refractivity contribution in [3.05, 3.63) is 33.8 Å². The summed E-state index contributed by atoms with van der Waals surface area (Å²) in [6.45, 7) is 3.72. The van der Waals surface area contributed by atoms with Crippen molar-refractivity contribution in [3.8, 4) is 0 Å². The van der Waals surface area contributed by atoms with Crippen LogP contribution in [-0.4, -0.2) is 13.6 Å². The minimum absolute atomic E-state index is 0.0399. The number of nitrogens with one attached hydrogen (secondary N) is 1. The molecule has 1 aromatic carbocycles. The van der Waals surface area contributed by atoms with Crippen LogP contribution in [0.25, 0.3) is 0 Å². The number of rotatable bonds is 4. The third-order valence-corrected chi connectivity index (χ3v) is 3.13. The van der Waals surface area contributed by atoms with Crippen LogP contribution >= 0.6 is 15.9 Å². The van der Waals surface area contributed by atoms with Crippen LogP contribution in [0, 0.1) is 0 Å². The maximum absolute atomic E-state index is 13.6. The second-order valence-electron chi connectivity index (χ2n) is 4.13. The topological polar surface area (TPSA) is 12.0 Å². The highest BCUT2D eigenvalue weighted by atomic mass is 79.9. The van der Waals surface area contributed by atoms with Crippen molar-refractivity contribution in [1.82, 2.24) is 5.32 Å². The van der Waals surface area contributed by atoms with Gasteiger partial charge in [-0.15, -0.1) is 0 Å². The fraction of sp³-hybridized carbons (Fsp3) is 0.500. The van der Waals surface area contributed by atoms with E-state index in [1.807, 2.05) is 13.8 Å². The summed E-state index contributed by atoms with van der Waals surface area (Å²) in [4.78, 5) is 0. The molecule has 0 amide bonds. The van der Waals surface area contributed by atoms with Crippen LogP contribution in [0.1, 0.15) is 30.9 Å². The van der Waals surface area contributed by atoms with E-state index in [0.29, 0.717) is 5.92 Å². The van der Waals surface area contributed by atoms with Crippen LogP contribution in [0.4, 0.5) is 8.78 Å². The molecule has 0 atom stereocenters. The Morgan fingerprint density at radius 2 is 2.00 bits per heavy atom. The zero-order valence-corrected chi connectivity index (χ0v) is 11.2. The average molecular weight is 292 g/mol. The minimum atomic E-state index is -2.83. The first-order valence-electron chi connectivity index (χ1n) is 5.21. The number of hydrogen-bond acceptors (Lipinski definition) is 1. The predicted octanol–water partition coefficient (Wildman–Crippen LogP) is 3.88. The van der Waals surface area contributed by atoms with E-state index in [4.69, 9.17) is 0 Å². The summed E-state index contributed by atoms with van der Waals surface area (Å²) in [5, 5.41) is 2.50. The lowest BCUT2D eigenvalue weighted by Gasteiger charge is -2.18. The van der Waals surface area contributed by atoms with E-state index in [0.717, 1.165) is 10.0 Å². The van der Waals surface area contributed by atoms with Crippen molar-refractivity contribution in [2.75, 3.05) is 13.6 Å². The van der Waals surface area contributed by atoms with Gasteiger partial charge in [-0.25, -0.2) is 0 Å². The van der Waals surface area contributed by atoms with Gasteiger partial charge in [0.15, 0.2) is 0 Å². The van der Waals surface area contributed by atoms with Gasteiger partial charge >= 0.3 is 0 Å². The summed E-state index contributed by atoms with van der Waals surface area (Å²) in [6, 6.07) is 4.76.